The molecule has 0 bridgehead atoms. The summed E-state index contributed by atoms with van der Waals surface area (Å²) in [6.45, 7) is 3.85. The molecular weight excluding hydrogens is 266 g/mol. The van der Waals surface area contributed by atoms with Crippen LogP contribution in [0.15, 0.2) is 24.4 Å². The molecular formula is C13H14ClN3O2. The van der Waals surface area contributed by atoms with Crippen molar-refractivity contribution in [2.24, 2.45) is 0 Å². The van der Waals surface area contributed by atoms with Crippen molar-refractivity contribution in [3.63, 3.8) is 0 Å². The van der Waals surface area contributed by atoms with Crippen LogP contribution in [-0.4, -0.2) is 22.4 Å². The molecule has 0 fully saturated rings. The molecule has 0 radical (unpaired) electrons. The molecule has 2 aromatic rings. The van der Waals surface area contributed by atoms with Gasteiger partial charge in [0.15, 0.2) is 0 Å². The molecule has 1 aromatic heterocycles. The fourth-order valence-corrected chi connectivity index (χ4v) is 1.77. The van der Waals surface area contributed by atoms with E-state index in [-0.39, 0.29) is 0 Å². The summed E-state index contributed by atoms with van der Waals surface area (Å²) in [5.41, 5.74) is 7.89. The van der Waals surface area contributed by atoms with Crippen LogP contribution in [0.1, 0.15) is 23.0 Å². The Morgan fingerprint density at radius 1 is 1.53 bits per heavy atom. The van der Waals surface area contributed by atoms with Crippen molar-refractivity contribution in [3.8, 4) is 5.69 Å². The van der Waals surface area contributed by atoms with Gasteiger partial charge in [-0.1, -0.05) is 11.6 Å². The number of halogens is 1. The van der Waals surface area contributed by atoms with Gasteiger partial charge in [-0.3, -0.25) is 0 Å². The number of ether oxygens (including phenoxy) is 1. The maximum absolute atomic E-state index is 11.8. The molecule has 0 aliphatic carbocycles. The van der Waals surface area contributed by atoms with Crippen molar-refractivity contribution in [3.05, 3.63) is 40.7 Å². The molecule has 0 saturated carbocycles. The molecule has 2 N–H and O–H groups in total. The van der Waals surface area contributed by atoms with Crippen molar-refractivity contribution < 1.29 is 9.53 Å². The number of anilines is 1. The molecule has 100 valence electrons. The van der Waals surface area contributed by atoms with E-state index in [1.165, 1.54) is 0 Å². The van der Waals surface area contributed by atoms with E-state index in [0.29, 0.717) is 28.6 Å². The lowest BCUT2D eigenvalue weighted by Crippen LogP contribution is -2.09. The van der Waals surface area contributed by atoms with Crippen LogP contribution in [0.25, 0.3) is 5.69 Å². The van der Waals surface area contributed by atoms with Crippen LogP contribution in [0.5, 0.6) is 0 Å². The van der Waals surface area contributed by atoms with Crippen LogP contribution < -0.4 is 5.73 Å². The molecule has 1 aromatic carbocycles. The minimum absolute atomic E-state index is 0.301. The Morgan fingerprint density at radius 2 is 2.26 bits per heavy atom. The third kappa shape index (κ3) is 2.71. The molecule has 0 atom stereocenters. The normalized spacial score (nSPS) is 10.5. The van der Waals surface area contributed by atoms with E-state index >= 15 is 0 Å². The number of aromatic nitrogens is 2. The second-order valence-corrected chi connectivity index (χ2v) is 4.41. The van der Waals surface area contributed by atoms with Crippen molar-refractivity contribution in [2.75, 3.05) is 12.3 Å². The minimum Gasteiger partial charge on any atom is -0.462 e. The first-order chi connectivity index (χ1) is 9.02. The highest BCUT2D eigenvalue weighted by molar-refractivity contribution is 6.31. The van der Waals surface area contributed by atoms with E-state index in [2.05, 4.69) is 5.10 Å². The number of benzene rings is 1. The van der Waals surface area contributed by atoms with Crippen molar-refractivity contribution in [1.82, 2.24) is 9.78 Å². The first kappa shape index (κ1) is 13.4. The molecule has 0 saturated heterocycles. The van der Waals surface area contributed by atoms with Gasteiger partial charge in [-0.05, 0) is 32.0 Å². The zero-order valence-electron chi connectivity index (χ0n) is 10.7. The summed E-state index contributed by atoms with van der Waals surface area (Å²) < 4.78 is 6.55. The average molecular weight is 280 g/mol. The predicted octanol–water partition coefficient (Wildman–Crippen LogP) is 2.59. The summed E-state index contributed by atoms with van der Waals surface area (Å²) in [6, 6.07) is 5.05. The molecule has 0 aliphatic heterocycles. The van der Waals surface area contributed by atoms with Crippen molar-refractivity contribution in [1.29, 1.82) is 0 Å². The second-order valence-electron chi connectivity index (χ2n) is 4.00. The lowest BCUT2D eigenvalue weighted by molar-refractivity contribution is 0.0527. The molecule has 2 rings (SSSR count). The maximum atomic E-state index is 11.8. The number of hydrogen-bond donors (Lipinski definition) is 1. The molecule has 0 unspecified atom stereocenters. The van der Waals surface area contributed by atoms with E-state index in [1.807, 2.05) is 6.92 Å². The number of nitrogens with two attached hydrogens (primary N) is 1. The second kappa shape index (κ2) is 5.32. The highest BCUT2D eigenvalue weighted by Gasteiger charge is 2.13. The topological polar surface area (TPSA) is 70.1 Å². The Kier molecular flexibility index (Phi) is 3.76. The molecule has 1 heterocycles. The Hall–Kier alpha value is -2.01. The Bertz CT molecular complexity index is 603. The van der Waals surface area contributed by atoms with Gasteiger partial charge in [-0.15, -0.1) is 0 Å². The zero-order valence-corrected chi connectivity index (χ0v) is 11.4. The van der Waals surface area contributed by atoms with Gasteiger partial charge in [-0.2, -0.15) is 5.10 Å². The summed E-state index contributed by atoms with van der Waals surface area (Å²) in [7, 11) is 0. The molecule has 5 nitrogen and oxygen atoms in total. The van der Waals surface area contributed by atoms with Crippen molar-refractivity contribution in [2.45, 2.75) is 13.8 Å². The number of esters is 1. The predicted molar refractivity (Wildman–Crippen MR) is 73.7 cm³/mol. The largest absolute Gasteiger partial charge is 0.462 e. The molecule has 0 spiro atoms. The first-order valence-corrected chi connectivity index (χ1v) is 6.19. The number of carbonyl (C=O) groups excluding carboxylic acids is 1. The van der Waals surface area contributed by atoms with Gasteiger partial charge in [0.2, 0.25) is 0 Å². The molecule has 0 amide bonds. The third-order valence-corrected chi connectivity index (χ3v) is 3.01. The Balaban J connectivity index is 2.43. The fraction of sp³-hybridized carbons (Fsp3) is 0.231. The van der Waals surface area contributed by atoms with Crippen LogP contribution in [-0.2, 0) is 4.74 Å². The Morgan fingerprint density at radius 3 is 2.84 bits per heavy atom. The zero-order chi connectivity index (χ0) is 14.0. The monoisotopic (exact) mass is 279 g/mol. The Labute approximate surface area is 115 Å². The number of carbonyl (C=O) groups is 1. The highest BCUT2D eigenvalue weighted by atomic mass is 35.5. The van der Waals surface area contributed by atoms with E-state index in [9.17, 15) is 4.79 Å². The first-order valence-electron chi connectivity index (χ1n) is 5.81. The van der Waals surface area contributed by atoms with Crippen LogP contribution in [0.2, 0.25) is 5.02 Å². The van der Waals surface area contributed by atoms with Crippen LogP contribution in [0.4, 0.5) is 5.69 Å². The van der Waals surface area contributed by atoms with Gasteiger partial charge in [0, 0.05) is 11.9 Å². The lowest BCUT2D eigenvalue weighted by atomic mass is 10.1. The number of nitrogens with zero attached hydrogens (tertiary/aromatic N) is 2. The maximum Gasteiger partial charge on any atom is 0.340 e. The van der Waals surface area contributed by atoms with Gasteiger partial charge in [-0.25, -0.2) is 9.48 Å². The number of rotatable bonds is 3. The third-order valence-electron chi connectivity index (χ3n) is 2.64. The van der Waals surface area contributed by atoms with Crippen LogP contribution >= 0.6 is 11.6 Å². The van der Waals surface area contributed by atoms with E-state index in [1.54, 1.807) is 36.0 Å². The van der Waals surface area contributed by atoms with Gasteiger partial charge in [0.25, 0.3) is 0 Å². The van der Waals surface area contributed by atoms with Crippen LogP contribution in [0.3, 0.4) is 0 Å². The summed E-state index contributed by atoms with van der Waals surface area (Å²) in [4.78, 5) is 11.8. The van der Waals surface area contributed by atoms with E-state index in [0.717, 1.165) is 5.69 Å². The van der Waals surface area contributed by atoms with Gasteiger partial charge in [0.05, 0.1) is 28.6 Å². The minimum atomic E-state index is -0.447. The average Bonchev–Trinajstić information content (AvgIpc) is 2.70. The highest BCUT2D eigenvalue weighted by Crippen LogP contribution is 2.20. The standard InChI is InChI=1S/C13H14ClN3O2/c1-3-19-13(18)10-6-9(4-5-12(10)15)17-7-11(14)8(2)16-17/h4-7H,3,15H2,1-2H3. The molecule has 6 heteroatoms. The van der Waals surface area contributed by atoms with Crippen molar-refractivity contribution >= 4 is 23.3 Å². The molecule has 19 heavy (non-hydrogen) atoms. The van der Waals surface area contributed by atoms with E-state index < -0.39 is 5.97 Å². The van der Waals surface area contributed by atoms with Crippen LogP contribution in [0, 0.1) is 6.92 Å². The quantitative estimate of drug-likeness (QED) is 0.692. The number of aryl methyl sites for hydroxylation is 1. The number of hydrogen-bond acceptors (Lipinski definition) is 4. The van der Waals surface area contributed by atoms with Gasteiger partial charge in [0.1, 0.15) is 0 Å². The van der Waals surface area contributed by atoms with E-state index in [4.69, 9.17) is 22.1 Å². The molecule has 0 aliphatic rings. The van der Waals surface area contributed by atoms with Gasteiger partial charge < -0.3 is 10.5 Å². The summed E-state index contributed by atoms with van der Waals surface area (Å²) in [5, 5.41) is 4.81. The smallest absolute Gasteiger partial charge is 0.340 e. The number of nitrogen functional groups attached to an aromatic ring is 1. The lowest BCUT2D eigenvalue weighted by Gasteiger charge is -2.08. The summed E-state index contributed by atoms with van der Waals surface area (Å²) in [6.07, 6.45) is 1.68. The summed E-state index contributed by atoms with van der Waals surface area (Å²) in [5.74, 6) is -0.447. The van der Waals surface area contributed by atoms with Gasteiger partial charge >= 0.3 is 5.97 Å². The fourth-order valence-electron chi connectivity index (χ4n) is 1.64. The summed E-state index contributed by atoms with van der Waals surface area (Å²) >= 11 is 5.96. The SMILES string of the molecule is CCOC(=O)c1cc(-n2cc(Cl)c(C)n2)ccc1N.